The first kappa shape index (κ1) is 32.2. The van der Waals surface area contributed by atoms with Gasteiger partial charge in [-0.3, -0.25) is 22.9 Å². The van der Waals surface area contributed by atoms with Crippen molar-refractivity contribution in [3.05, 3.63) is 36.7 Å². The van der Waals surface area contributed by atoms with Gasteiger partial charge in [-0.1, -0.05) is 6.08 Å². The van der Waals surface area contributed by atoms with Gasteiger partial charge in [-0.2, -0.15) is 4.31 Å². The number of phosphoric ester groups is 3. The molecule has 12 atom stereocenters. The van der Waals surface area contributed by atoms with Gasteiger partial charge in [0.05, 0.1) is 25.6 Å². The van der Waals surface area contributed by atoms with Crippen LogP contribution in [0, 0.1) is 0 Å². The molecule has 0 aliphatic carbocycles. The minimum Gasteiger partial charge on any atom is -0.387 e. The lowest BCUT2D eigenvalue weighted by Gasteiger charge is -2.28. The van der Waals surface area contributed by atoms with Crippen molar-refractivity contribution in [3.63, 3.8) is 0 Å². The Balaban J connectivity index is 1.22. The van der Waals surface area contributed by atoms with Crippen molar-refractivity contribution in [2.24, 2.45) is 5.73 Å². The summed E-state index contributed by atoms with van der Waals surface area (Å²) in [5, 5.41) is 31.7. The Kier molecular flexibility index (Phi) is 9.52. The number of carbonyl (C=O) groups excluding carboxylic acids is 1. The lowest BCUT2D eigenvalue weighted by Crippen LogP contribution is -2.40. The second-order valence-corrected chi connectivity index (χ2v) is 14.5. The number of nitrogens with zero attached hydrogens (tertiary/aromatic N) is 5. The number of phosphoric acid groups is 3. The van der Waals surface area contributed by atoms with E-state index in [1.54, 1.807) is 0 Å². The number of aliphatic hydroxyl groups is 3. The van der Waals surface area contributed by atoms with Gasteiger partial charge < -0.3 is 60.7 Å². The third-order valence-corrected chi connectivity index (χ3v) is 10.1. The number of carbonyl (C=O) groups is 1. The average molecular weight is 766 g/mol. The third-order valence-electron chi connectivity index (χ3n) is 6.96. The van der Waals surface area contributed by atoms with Crippen molar-refractivity contribution in [1.82, 2.24) is 24.4 Å². The molecule has 5 rings (SSSR count). The Morgan fingerprint density at radius 1 is 1.06 bits per heavy atom. The van der Waals surface area contributed by atoms with Crippen molar-refractivity contribution in [1.29, 1.82) is 0 Å². The van der Waals surface area contributed by atoms with Crippen LogP contribution in [-0.2, 0) is 45.8 Å². The normalized spacial score (nSPS) is 34.8. The van der Waals surface area contributed by atoms with Crippen LogP contribution in [0.3, 0.4) is 0 Å². The molecule has 2 saturated heterocycles. The Hall–Kier alpha value is -2.73. The van der Waals surface area contributed by atoms with Crippen LogP contribution >= 0.6 is 23.5 Å². The highest BCUT2D eigenvalue weighted by Crippen LogP contribution is 2.60. The van der Waals surface area contributed by atoms with E-state index in [-0.39, 0.29) is 22.6 Å². The van der Waals surface area contributed by atoms with Crippen molar-refractivity contribution in [2.75, 3.05) is 18.9 Å². The predicted octanol–water partition coefficient (Wildman–Crippen LogP) is -2.18. The predicted molar refractivity (Wildman–Crippen MR) is 157 cm³/mol. The highest BCUT2D eigenvalue weighted by molar-refractivity contribution is 7.61. The Bertz CT molecular complexity index is 1940. The molecule has 2 fully saturated rings. The van der Waals surface area contributed by atoms with Gasteiger partial charge >= 0.3 is 23.5 Å². The lowest BCUT2D eigenvalue weighted by atomic mass is 10.1. The molecule has 1 amide bonds. The van der Waals surface area contributed by atoms with Crippen LogP contribution in [0.1, 0.15) is 24.5 Å². The summed E-state index contributed by atoms with van der Waals surface area (Å²) in [5.74, 6) is -1.29. The number of anilines is 1. The average Bonchev–Trinajstić information content (AvgIpc) is 3.63. The summed E-state index contributed by atoms with van der Waals surface area (Å²) in [6, 6.07) is 0. The van der Waals surface area contributed by atoms with Crippen LogP contribution in [0.4, 0.5) is 5.82 Å². The van der Waals surface area contributed by atoms with E-state index in [2.05, 4.69) is 32.8 Å². The van der Waals surface area contributed by atoms with Crippen molar-refractivity contribution in [3.8, 4) is 0 Å². The Labute approximate surface area is 280 Å². The summed E-state index contributed by atoms with van der Waals surface area (Å²) in [6.07, 6.45) is -15.3. The van der Waals surface area contributed by atoms with Crippen molar-refractivity contribution in [2.45, 2.75) is 61.9 Å². The number of imidazole rings is 1. The molecule has 49 heavy (non-hydrogen) atoms. The Morgan fingerprint density at radius 2 is 1.76 bits per heavy atom. The number of nitrogen functional groups attached to an aromatic ring is 1. The molecule has 0 bridgehead atoms. The maximum atomic E-state index is 12.6. The van der Waals surface area contributed by atoms with Crippen molar-refractivity contribution >= 4 is 46.4 Å². The smallest absolute Gasteiger partial charge is 0.387 e. The topological polar surface area (TPSA) is 364 Å². The summed E-state index contributed by atoms with van der Waals surface area (Å²) in [5.41, 5.74) is 10.2. The summed E-state index contributed by atoms with van der Waals surface area (Å²) in [6.45, 7) is -2.25. The van der Waals surface area contributed by atoms with Gasteiger partial charge in [-0.25, -0.2) is 28.6 Å². The molecule has 0 aromatic carbocycles. The maximum Gasteiger partial charge on any atom is 0.481 e. The fourth-order valence-corrected chi connectivity index (χ4v) is 7.36. The van der Waals surface area contributed by atoms with Gasteiger partial charge in [-0.15, -0.1) is 0 Å². The molecule has 272 valence electrons. The molecule has 0 spiro atoms. The number of fused-ring (bicyclic) bond motifs is 1. The summed E-state index contributed by atoms with van der Waals surface area (Å²) >= 11 is 0. The van der Waals surface area contributed by atoms with Crippen LogP contribution in [0.2, 0.25) is 0 Å². The van der Waals surface area contributed by atoms with E-state index in [1.807, 2.05) is 0 Å². The molecule has 5 heterocycles. The van der Waals surface area contributed by atoms with Gasteiger partial charge in [0.15, 0.2) is 23.9 Å². The van der Waals surface area contributed by atoms with E-state index >= 15 is 0 Å². The third kappa shape index (κ3) is 8.78. The fraction of sp³-hybridized carbons (Fsp3) is 0.545. The molecule has 27 heteroatoms. The second kappa shape index (κ2) is 14.5. The van der Waals surface area contributed by atoms with Crippen LogP contribution in [0.5, 0.6) is 0 Å². The van der Waals surface area contributed by atoms with Crippen LogP contribution < -0.4 is 11.5 Å². The monoisotopic (exact) mass is 766 g/mol. The van der Waals surface area contributed by atoms with Crippen molar-refractivity contribution < 1.29 is 86.2 Å². The molecule has 3 aliphatic heterocycles. The zero-order chi connectivity index (χ0) is 39.4. The second-order valence-electron chi connectivity index (χ2n) is 10.3. The highest BCUT2D eigenvalue weighted by atomic mass is 31.3. The van der Waals surface area contributed by atoms with Crippen LogP contribution in [-0.4, -0.2) is 121 Å². The number of amides is 1. The minimum atomic E-state index is -5.62. The van der Waals surface area contributed by atoms with E-state index in [0.29, 0.717) is 0 Å². The molecule has 3 aliphatic rings. The number of aromatic nitrogens is 4. The van der Waals surface area contributed by atoms with Crippen LogP contribution in [0.25, 0.3) is 11.2 Å². The molecular formula is C22H32N7O17P3. The molecule has 0 saturated carbocycles. The first-order valence-electron chi connectivity index (χ1n) is 15.7. The number of nitrogens with two attached hydrogens (primary N) is 2. The molecular weight excluding hydrogens is 727 g/mol. The number of primary amides is 1. The van der Waals surface area contributed by atoms with Gasteiger partial charge in [0.1, 0.15) is 45.1 Å². The van der Waals surface area contributed by atoms with E-state index in [4.69, 9.17) is 26.4 Å². The zero-order valence-electron chi connectivity index (χ0n) is 28.4. The van der Waals surface area contributed by atoms with E-state index < -0.39 is 117 Å². The van der Waals surface area contributed by atoms with Gasteiger partial charge in [0, 0.05) is 27.1 Å². The molecule has 24 nitrogen and oxygen atoms in total. The highest BCUT2D eigenvalue weighted by Gasteiger charge is 2.50. The first-order chi connectivity index (χ1) is 24.5. The number of rotatable bonds is 14. The molecule has 2 aromatic rings. The largest absolute Gasteiger partial charge is 0.481 e. The zero-order valence-corrected chi connectivity index (χ0v) is 27.0. The number of ether oxygens (including phenoxy) is 2. The van der Waals surface area contributed by atoms with Gasteiger partial charge in [0.25, 0.3) is 0 Å². The summed E-state index contributed by atoms with van der Waals surface area (Å²) < 4.78 is 98.8. The summed E-state index contributed by atoms with van der Waals surface area (Å²) in [4.78, 5) is 63.0. The van der Waals surface area contributed by atoms with Crippen LogP contribution in [0.15, 0.2) is 36.7 Å². The fourth-order valence-electron chi connectivity index (χ4n) is 4.79. The molecule has 2 aromatic heterocycles. The van der Waals surface area contributed by atoms with E-state index in [9.17, 15) is 53.4 Å². The van der Waals surface area contributed by atoms with E-state index in [0.717, 1.165) is 15.7 Å². The van der Waals surface area contributed by atoms with E-state index in [1.165, 1.54) is 12.3 Å². The molecule has 3 unspecified atom stereocenters. The molecule has 0 radical (unpaired) electrons. The number of allylic oxidation sites excluding steroid dienone is 1. The van der Waals surface area contributed by atoms with Gasteiger partial charge in [0.2, 0.25) is 5.91 Å². The number of aliphatic hydroxyl groups excluding tert-OH is 3. The Morgan fingerprint density at radius 3 is 2.45 bits per heavy atom. The quantitative estimate of drug-likeness (QED) is 0.0923. The standard InChI is InChI=1S/C22H32N7O17P3/c23-18-13-20(26-8-25-18)29(9-27-13)22-17(45-47(34,35)36)15(31)11(43-22)3-5-41-48(37,38)46-49(39,40)42-7-12-14(30)16(32)21(44-12)28-4-1-2-10(6-28)19(24)33/h1,4,6,8-9,11-12,14-17,21-22,30-32H,2-3,5,7H2,(H2,24,33)(H,37,38)(H,39,40)(H2,23,25,26)(H2,34,35,36)/t11-,12+,14+,15-,16+,17-,21+,22-/m0/s1/i2D,3T,8T,9T/t2-,3?,11+,12-,14-,15+,16-,17+,21-,22+/m1. The molecule has 11 N–H and O–H groups in total. The minimum absolute atomic E-state index is 0.180. The lowest BCUT2D eigenvalue weighted by molar-refractivity contribution is -0.115. The number of hydrogen-bond acceptors (Lipinski definition) is 18. The first-order valence-corrected chi connectivity index (χ1v) is 18.1. The maximum absolute atomic E-state index is 12.6. The number of hydrogen-bond donors (Lipinski definition) is 9. The summed E-state index contributed by atoms with van der Waals surface area (Å²) in [7, 11) is -16.6. The van der Waals surface area contributed by atoms with Gasteiger partial charge in [-0.05, 0) is 6.40 Å². The SMILES string of the molecule is [2H][C@@H]1C=CN([C@@H]2O[C@H](COP(=O)(O)OP(=O)(O)OCC([3H])[C@@H]3O[C@H](n4c([3H])nc5c(N)nc([3H])nc54)[C@@H](OP(=O)(O)O)[C@H]3O)[C@@H](O)[C@H]2O)C=C1C(N)=O.